The first-order valence-electron chi connectivity index (χ1n) is 13.2. The first-order valence-corrected chi connectivity index (χ1v) is 13.2. The molecule has 200 valence electrons. The van der Waals surface area contributed by atoms with E-state index in [-0.39, 0.29) is 11.6 Å². The van der Waals surface area contributed by atoms with Gasteiger partial charge in [0.2, 0.25) is 11.9 Å². The van der Waals surface area contributed by atoms with Crippen LogP contribution in [0.1, 0.15) is 12.1 Å². The Morgan fingerprint density at radius 1 is 0.850 bits per heavy atom. The summed E-state index contributed by atoms with van der Waals surface area (Å²) in [4.78, 5) is 41.8. The Hall–Kier alpha value is -5.12. The lowest BCUT2D eigenvalue weighted by molar-refractivity contribution is -0.384. The molecule has 2 aromatic carbocycles. The zero-order chi connectivity index (χ0) is 27.5. The van der Waals surface area contributed by atoms with Crippen molar-refractivity contribution in [3.63, 3.8) is 0 Å². The van der Waals surface area contributed by atoms with Crippen molar-refractivity contribution in [1.82, 2.24) is 24.3 Å². The third kappa shape index (κ3) is 5.11. The van der Waals surface area contributed by atoms with Crippen LogP contribution in [0.2, 0.25) is 0 Å². The highest BCUT2D eigenvalue weighted by Gasteiger charge is 2.23. The number of anilines is 1. The molecule has 4 heterocycles. The van der Waals surface area contributed by atoms with Crippen LogP contribution in [-0.2, 0) is 11.2 Å². The molecular formula is C30H27N7O3. The highest BCUT2D eigenvalue weighted by molar-refractivity contribution is 5.78. The monoisotopic (exact) mass is 533 g/mol. The third-order valence-corrected chi connectivity index (χ3v) is 7.20. The van der Waals surface area contributed by atoms with Crippen LogP contribution in [0.15, 0.2) is 91.4 Å². The van der Waals surface area contributed by atoms with E-state index in [9.17, 15) is 14.9 Å². The number of nitro benzene ring substituents is 1. The van der Waals surface area contributed by atoms with Crippen molar-refractivity contribution in [3.8, 4) is 22.4 Å². The van der Waals surface area contributed by atoms with Crippen LogP contribution >= 0.6 is 0 Å². The number of aromatic nitrogens is 4. The zero-order valence-corrected chi connectivity index (χ0v) is 21.8. The molecule has 1 fully saturated rings. The molecule has 0 saturated carbocycles. The topological polar surface area (TPSA) is 110 Å². The Kier molecular flexibility index (Phi) is 6.88. The van der Waals surface area contributed by atoms with Crippen LogP contribution in [-0.4, -0.2) is 61.3 Å². The number of fused-ring (bicyclic) bond motifs is 1. The van der Waals surface area contributed by atoms with Gasteiger partial charge < -0.3 is 14.2 Å². The number of carbonyl (C=O) groups is 1. The lowest BCUT2D eigenvalue weighted by Gasteiger charge is -2.34. The number of aryl methyl sites for hydroxylation is 1. The number of rotatable bonds is 7. The van der Waals surface area contributed by atoms with E-state index < -0.39 is 4.92 Å². The fourth-order valence-corrected chi connectivity index (χ4v) is 5.12. The predicted octanol–water partition coefficient (Wildman–Crippen LogP) is 4.65. The number of piperazine rings is 1. The van der Waals surface area contributed by atoms with Crippen molar-refractivity contribution in [2.45, 2.75) is 12.8 Å². The summed E-state index contributed by atoms with van der Waals surface area (Å²) in [7, 11) is 0. The standard InChI is InChI=1S/C30H27N7O3/c38-28(34-16-18-35(19-17-34)30-31-14-5-15-32-30)13-11-26-29(22-6-2-1-3-7-22)33-27-12-10-24(21-36(26)27)23-8-4-9-25(20-23)37(39)40/h1-10,12,14-15,20-21H,11,13,16-19H2. The Balaban J connectivity index is 1.26. The van der Waals surface area contributed by atoms with Gasteiger partial charge in [-0.1, -0.05) is 42.5 Å². The van der Waals surface area contributed by atoms with Crippen LogP contribution in [0.3, 0.4) is 0 Å². The van der Waals surface area contributed by atoms with Crippen molar-refractivity contribution < 1.29 is 9.72 Å². The van der Waals surface area contributed by atoms with Crippen molar-refractivity contribution in [2.75, 3.05) is 31.1 Å². The lowest BCUT2D eigenvalue weighted by Crippen LogP contribution is -2.49. The molecule has 3 aromatic heterocycles. The number of benzene rings is 2. The molecule has 0 unspecified atom stereocenters. The number of amides is 1. The first-order chi connectivity index (χ1) is 19.6. The Bertz CT molecular complexity index is 1660. The highest BCUT2D eigenvalue weighted by Crippen LogP contribution is 2.29. The molecule has 0 bridgehead atoms. The molecule has 1 aliphatic heterocycles. The second-order valence-electron chi connectivity index (χ2n) is 9.64. The molecular weight excluding hydrogens is 506 g/mol. The van der Waals surface area contributed by atoms with Gasteiger partial charge in [-0.3, -0.25) is 14.9 Å². The summed E-state index contributed by atoms with van der Waals surface area (Å²) >= 11 is 0. The van der Waals surface area contributed by atoms with Gasteiger partial charge in [0, 0.05) is 68.9 Å². The van der Waals surface area contributed by atoms with Crippen molar-refractivity contribution in [3.05, 3.63) is 107 Å². The molecule has 40 heavy (non-hydrogen) atoms. The maximum absolute atomic E-state index is 13.3. The number of hydrogen-bond acceptors (Lipinski definition) is 7. The largest absolute Gasteiger partial charge is 0.339 e. The maximum atomic E-state index is 13.3. The van der Waals surface area contributed by atoms with Crippen LogP contribution in [0, 0.1) is 10.1 Å². The van der Waals surface area contributed by atoms with E-state index in [1.54, 1.807) is 30.6 Å². The van der Waals surface area contributed by atoms with E-state index in [2.05, 4.69) is 14.9 Å². The van der Waals surface area contributed by atoms with Gasteiger partial charge in [-0.15, -0.1) is 0 Å². The van der Waals surface area contributed by atoms with E-state index in [1.165, 1.54) is 6.07 Å². The molecule has 1 saturated heterocycles. The second kappa shape index (κ2) is 10.9. The number of non-ortho nitro benzene ring substituents is 1. The number of nitro groups is 1. The summed E-state index contributed by atoms with van der Waals surface area (Å²) in [5, 5.41) is 11.3. The third-order valence-electron chi connectivity index (χ3n) is 7.20. The summed E-state index contributed by atoms with van der Waals surface area (Å²) < 4.78 is 2.01. The van der Waals surface area contributed by atoms with Gasteiger partial charge >= 0.3 is 0 Å². The van der Waals surface area contributed by atoms with Crippen molar-refractivity contribution >= 4 is 23.2 Å². The van der Waals surface area contributed by atoms with Crippen molar-refractivity contribution in [1.29, 1.82) is 0 Å². The maximum Gasteiger partial charge on any atom is 0.270 e. The number of carbonyl (C=O) groups excluding carboxylic acids is 1. The normalized spacial score (nSPS) is 13.5. The highest BCUT2D eigenvalue weighted by atomic mass is 16.6. The fourth-order valence-electron chi connectivity index (χ4n) is 5.12. The van der Waals surface area contributed by atoms with Gasteiger partial charge in [0.05, 0.1) is 16.3 Å². The minimum atomic E-state index is -0.392. The van der Waals surface area contributed by atoms with E-state index >= 15 is 0 Å². The Morgan fingerprint density at radius 2 is 1.60 bits per heavy atom. The Morgan fingerprint density at radius 3 is 2.35 bits per heavy atom. The molecule has 10 nitrogen and oxygen atoms in total. The van der Waals surface area contributed by atoms with E-state index in [1.807, 2.05) is 64.0 Å². The van der Waals surface area contributed by atoms with E-state index in [0.29, 0.717) is 45.0 Å². The molecule has 0 radical (unpaired) electrons. The summed E-state index contributed by atoms with van der Waals surface area (Å²) in [6.07, 6.45) is 6.25. The summed E-state index contributed by atoms with van der Waals surface area (Å²) in [6.45, 7) is 2.61. The smallest absolute Gasteiger partial charge is 0.270 e. The minimum absolute atomic E-state index is 0.0398. The second-order valence-corrected chi connectivity index (χ2v) is 9.64. The SMILES string of the molecule is O=C(CCc1c(-c2ccccc2)nc2ccc(-c3cccc([N+](=O)[O-])c3)cn12)N1CCN(c2ncccn2)CC1. The number of imidazole rings is 1. The summed E-state index contributed by atoms with van der Waals surface area (Å²) in [6, 6.07) is 22.1. The van der Waals surface area contributed by atoms with Gasteiger partial charge in [-0.25, -0.2) is 15.0 Å². The predicted molar refractivity (Wildman–Crippen MR) is 152 cm³/mol. The lowest BCUT2D eigenvalue weighted by atomic mass is 10.1. The van der Waals surface area contributed by atoms with Crippen LogP contribution < -0.4 is 4.90 Å². The zero-order valence-electron chi connectivity index (χ0n) is 21.8. The summed E-state index contributed by atoms with van der Waals surface area (Å²) in [5.41, 5.74) is 5.11. The molecule has 0 N–H and O–H groups in total. The van der Waals surface area contributed by atoms with Gasteiger partial charge in [0.1, 0.15) is 5.65 Å². The fraction of sp³-hybridized carbons (Fsp3) is 0.200. The van der Waals surface area contributed by atoms with Gasteiger partial charge in [0.15, 0.2) is 0 Å². The van der Waals surface area contributed by atoms with Gasteiger partial charge in [0.25, 0.3) is 5.69 Å². The minimum Gasteiger partial charge on any atom is -0.339 e. The number of hydrogen-bond donors (Lipinski definition) is 0. The molecule has 5 aromatic rings. The average Bonchev–Trinajstić information content (AvgIpc) is 3.38. The van der Waals surface area contributed by atoms with Gasteiger partial charge in [-0.2, -0.15) is 0 Å². The molecule has 1 amide bonds. The average molecular weight is 534 g/mol. The molecule has 6 rings (SSSR count). The van der Waals surface area contributed by atoms with Gasteiger partial charge in [-0.05, 0) is 35.7 Å². The van der Waals surface area contributed by atoms with E-state index in [0.717, 1.165) is 33.7 Å². The molecule has 0 spiro atoms. The molecule has 10 heteroatoms. The molecule has 0 aliphatic carbocycles. The number of pyridine rings is 1. The molecule has 1 aliphatic rings. The van der Waals surface area contributed by atoms with E-state index in [4.69, 9.17) is 4.98 Å². The quantitative estimate of drug-likeness (QED) is 0.221. The van der Waals surface area contributed by atoms with Crippen LogP contribution in [0.25, 0.3) is 28.0 Å². The Labute approximate surface area is 230 Å². The van der Waals surface area contributed by atoms with Crippen LogP contribution in [0.5, 0.6) is 0 Å². The van der Waals surface area contributed by atoms with Crippen LogP contribution in [0.4, 0.5) is 11.6 Å². The number of nitrogens with zero attached hydrogens (tertiary/aromatic N) is 7. The summed E-state index contributed by atoms with van der Waals surface area (Å²) in [5.74, 6) is 0.782. The van der Waals surface area contributed by atoms with Crippen molar-refractivity contribution in [2.24, 2.45) is 0 Å². The first kappa shape index (κ1) is 25.2. The molecule has 0 atom stereocenters.